The van der Waals surface area contributed by atoms with Gasteiger partial charge < -0.3 is 30.0 Å². The van der Waals surface area contributed by atoms with E-state index in [-0.39, 0.29) is 24.3 Å². The molecule has 31 heavy (non-hydrogen) atoms. The fourth-order valence-electron chi connectivity index (χ4n) is 3.03. The molecule has 0 radical (unpaired) electrons. The van der Waals surface area contributed by atoms with Crippen LogP contribution in [-0.4, -0.2) is 39.5 Å². The zero-order valence-electron chi connectivity index (χ0n) is 19.0. The minimum atomic E-state index is -0.591. The molecule has 0 saturated heterocycles. The van der Waals surface area contributed by atoms with E-state index in [1.54, 1.807) is 18.3 Å². The predicted octanol–water partition coefficient (Wildman–Crippen LogP) is 3.69. The Hall–Kier alpha value is -2.58. The molecule has 1 aromatic heterocycles. The highest BCUT2D eigenvalue weighted by atomic mass is 16.6. The highest BCUT2D eigenvalue weighted by Gasteiger charge is 2.27. The van der Waals surface area contributed by atoms with Crippen molar-refractivity contribution in [2.24, 2.45) is 5.92 Å². The van der Waals surface area contributed by atoms with Gasteiger partial charge >= 0.3 is 6.09 Å². The number of aliphatic hydroxyl groups is 1. The monoisotopic (exact) mass is 433 g/mol. The first-order valence-electron chi connectivity index (χ1n) is 10.7. The fraction of sp³-hybridized carbons (Fsp3) is 0.565. The van der Waals surface area contributed by atoms with E-state index < -0.39 is 17.7 Å². The maximum atomic E-state index is 12.3. The summed E-state index contributed by atoms with van der Waals surface area (Å²) >= 11 is 0. The maximum absolute atomic E-state index is 12.3. The van der Waals surface area contributed by atoms with Crippen LogP contribution in [0.2, 0.25) is 0 Å². The summed E-state index contributed by atoms with van der Waals surface area (Å²) < 4.78 is 11.3. The van der Waals surface area contributed by atoms with Crippen LogP contribution in [0.25, 0.3) is 0 Å². The molecule has 0 saturated carbocycles. The van der Waals surface area contributed by atoms with Crippen LogP contribution in [0.1, 0.15) is 64.3 Å². The second kappa shape index (κ2) is 11.2. The SMILES string of the molecule is CC[C@H](C)[C@H](NC(=O)OC(C)(C)C)c1ncc(CN[C@H](CO)Cc2ccc(O)cc2)o1. The van der Waals surface area contributed by atoms with Crippen molar-refractivity contribution in [3.63, 3.8) is 0 Å². The molecule has 8 nitrogen and oxygen atoms in total. The largest absolute Gasteiger partial charge is 0.508 e. The molecular formula is C23H35N3O5. The quantitative estimate of drug-likeness (QED) is 0.451. The van der Waals surface area contributed by atoms with Crippen molar-refractivity contribution >= 4 is 6.09 Å². The van der Waals surface area contributed by atoms with Crippen LogP contribution in [0.3, 0.4) is 0 Å². The summed E-state index contributed by atoms with van der Waals surface area (Å²) in [5.74, 6) is 1.35. The van der Waals surface area contributed by atoms with Gasteiger partial charge in [-0.1, -0.05) is 32.4 Å². The molecule has 0 spiro atoms. The van der Waals surface area contributed by atoms with E-state index in [9.17, 15) is 15.0 Å². The molecule has 8 heteroatoms. The minimum absolute atomic E-state index is 0.0441. The Morgan fingerprint density at radius 3 is 2.52 bits per heavy atom. The molecule has 4 N–H and O–H groups in total. The molecule has 0 aliphatic rings. The Balaban J connectivity index is 1.99. The van der Waals surface area contributed by atoms with Gasteiger partial charge in [0.25, 0.3) is 0 Å². The second-order valence-corrected chi connectivity index (χ2v) is 8.81. The van der Waals surface area contributed by atoms with Gasteiger partial charge in [-0.3, -0.25) is 0 Å². The summed E-state index contributed by atoms with van der Waals surface area (Å²) in [6.07, 6.45) is 2.55. The molecule has 172 valence electrons. The topological polar surface area (TPSA) is 117 Å². The van der Waals surface area contributed by atoms with Crippen molar-refractivity contribution in [1.29, 1.82) is 0 Å². The number of ether oxygens (including phenoxy) is 1. The molecule has 0 unspecified atom stereocenters. The van der Waals surface area contributed by atoms with Gasteiger partial charge in [0.05, 0.1) is 19.3 Å². The normalized spacial score (nSPS) is 14.6. The molecule has 3 atom stereocenters. The van der Waals surface area contributed by atoms with Gasteiger partial charge in [0.2, 0.25) is 5.89 Å². The van der Waals surface area contributed by atoms with E-state index in [2.05, 4.69) is 15.6 Å². The van der Waals surface area contributed by atoms with Crippen LogP contribution < -0.4 is 10.6 Å². The molecule has 0 aliphatic carbocycles. The van der Waals surface area contributed by atoms with Gasteiger partial charge in [0.1, 0.15) is 23.2 Å². The Morgan fingerprint density at radius 1 is 1.26 bits per heavy atom. The Kier molecular flexibility index (Phi) is 8.88. The number of nitrogens with one attached hydrogen (secondary N) is 2. The van der Waals surface area contributed by atoms with Gasteiger partial charge in [0.15, 0.2) is 0 Å². The number of aromatic hydroxyl groups is 1. The summed E-state index contributed by atoms with van der Waals surface area (Å²) in [5.41, 5.74) is 0.410. The number of phenols is 1. The summed E-state index contributed by atoms with van der Waals surface area (Å²) in [6, 6.07) is 6.32. The lowest BCUT2D eigenvalue weighted by Crippen LogP contribution is -2.37. The number of hydrogen-bond acceptors (Lipinski definition) is 7. The third-order valence-electron chi connectivity index (χ3n) is 4.93. The average Bonchev–Trinajstić information content (AvgIpc) is 3.17. The Bertz CT molecular complexity index is 813. The highest BCUT2D eigenvalue weighted by molar-refractivity contribution is 5.68. The third-order valence-corrected chi connectivity index (χ3v) is 4.93. The van der Waals surface area contributed by atoms with Gasteiger partial charge in [-0.2, -0.15) is 0 Å². The van der Waals surface area contributed by atoms with E-state index >= 15 is 0 Å². The second-order valence-electron chi connectivity index (χ2n) is 8.81. The maximum Gasteiger partial charge on any atom is 0.408 e. The number of nitrogens with zero attached hydrogens (tertiary/aromatic N) is 1. The average molecular weight is 434 g/mol. The molecule has 1 heterocycles. The van der Waals surface area contributed by atoms with E-state index in [0.717, 1.165) is 12.0 Å². The third kappa shape index (κ3) is 8.22. The Morgan fingerprint density at radius 2 is 1.94 bits per heavy atom. The number of carbonyl (C=O) groups excluding carboxylic acids is 1. The fourth-order valence-corrected chi connectivity index (χ4v) is 3.03. The van der Waals surface area contributed by atoms with Crippen LogP contribution in [0.4, 0.5) is 4.79 Å². The Labute approximate surface area is 184 Å². The highest BCUT2D eigenvalue weighted by Crippen LogP contribution is 2.25. The number of oxazole rings is 1. The molecule has 0 aliphatic heterocycles. The minimum Gasteiger partial charge on any atom is -0.508 e. The zero-order chi connectivity index (χ0) is 23.0. The lowest BCUT2D eigenvalue weighted by atomic mass is 9.99. The molecular weight excluding hydrogens is 398 g/mol. The van der Waals surface area contributed by atoms with Crippen molar-refractivity contribution in [3.8, 4) is 5.75 Å². The van der Waals surface area contributed by atoms with E-state index in [0.29, 0.717) is 24.6 Å². The number of benzene rings is 1. The van der Waals surface area contributed by atoms with Crippen molar-refractivity contribution < 1.29 is 24.2 Å². The van der Waals surface area contributed by atoms with Crippen LogP contribution in [0.15, 0.2) is 34.9 Å². The number of aromatic nitrogens is 1. The van der Waals surface area contributed by atoms with Crippen LogP contribution >= 0.6 is 0 Å². The van der Waals surface area contributed by atoms with Crippen LogP contribution in [0.5, 0.6) is 5.75 Å². The molecule has 2 rings (SSSR count). The standard InChI is InChI=1S/C23H35N3O5/c1-6-15(2)20(26-22(29)31-23(3,4)5)21-25-13-19(30-21)12-24-17(14-27)11-16-7-9-18(28)10-8-16/h7-10,13,15,17,20,24,27-28H,6,11-12,14H2,1-5H3,(H,26,29)/t15-,17-,20-/m0/s1. The first-order valence-corrected chi connectivity index (χ1v) is 10.7. The number of aliphatic hydroxyl groups excluding tert-OH is 1. The number of rotatable bonds is 10. The van der Waals surface area contributed by atoms with Gasteiger partial charge in [-0.25, -0.2) is 9.78 Å². The van der Waals surface area contributed by atoms with Crippen molar-refractivity contribution in [2.45, 2.75) is 71.7 Å². The molecule has 1 amide bonds. The van der Waals surface area contributed by atoms with E-state index in [4.69, 9.17) is 9.15 Å². The van der Waals surface area contributed by atoms with Gasteiger partial charge in [-0.05, 0) is 50.8 Å². The van der Waals surface area contributed by atoms with Crippen molar-refractivity contribution in [3.05, 3.63) is 47.7 Å². The lowest BCUT2D eigenvalue weighted by Gasteiger charge is -2.25. The number of hydrogen-bond donors (Lipinski definition) is 4. The number of phenolic OH excluding ortho intramolecular Hbond substituents is 1. The number of carbonyl (C=O) groups is 1. The molecule has 0 fully saturated rings. The first kappa shape index (κ1) is 24.7. The first-order chi connectivity index (χ1) is 14.6. The number of alkyl carbamates (subject to hydrolysis) is 1. The molecule has 1 aromatic carbocycles. The summed E-state index contributed by atoms with van der Waals surface area (Å²) in [7, 11) is 0. The molecule has 2 aromatic rings. The van der Waals surface area contributed by atoms with Crippen molar-refractivity contribution in [1.82, 2.24) is 15.6 Å². The van der Waals surface area contributed by atoms with E-state index in [1.165, 1.54) is 0 Å². The van der Waals surface area contributed by atoms with Gasteiger partial charge in [0, 0.05) is 6.04 Å². The lowest BCUT2D eigenvalue weighted by molar-refractivity contribution is 0.0474. The van der Waals surface area contributed by atoms with Crippen molar-refractivity contribution in [2.75, 3.05) is 6.61 Å². The van der Waals surface area contributed by atoms with E-state index in [1.807, 2.05) is 46.8 Å². The zero-order valence-corrected chi connectivity index (χ0v) is 19.0. The number of amides is 1. The predicted molar refractivity (Wildman–Crippen MR) is 118 cm³/mol. The summed E-state index contributed by atoms with van der Waals surface area (Å²) in [6.45, 7) is 9.84. The summed E-state index contributed by atoms with van der Waals surface area (Å²) in [4.78, 5) is 16.6. The van der Waals surface area contributed by atoms with Crippen LogP contribution in [-0.2, 0) is 17.7 Å². The van der Waals surface area contributed by atoms with Crippen LogP contribution in [0, 0.1) is 5.92 Å². The van der Waals surface area contributed by atoms with Gasteiger partial charge in [-0.15, -0.1) is 0 Å². The smallest absolute Gasteiger partial charge is 0.408 e. The molecule has 0 bridgehead atoms. The summed E-state index contributed by atoms with van der Waals surface area (Å²) in [5, 5.41) is 25.2.